The quantitative estimate of drug-likeness (QED) is 0.746. The van der Waals surface area contributed by atoms with Gasteiger partial charge in [-0.25, -0.2) is 0 Å². The highest BCUT2D eigenvalue weighted by Gasteiger charge is 2.32. The smallest absolute Gasteiger partial charge is 0.256 e. The summed E-state index contributed by atoms with van der Waals surface area (Å²) >= 11 is 0. The van der Waals surface area contributed by atoms with Crippen molar-refractivity contribution in [2.24, 2.45) is 0 Å². The molecule has 0 fully saturated rings. The maximum Gasteiger partial charge on any atom is 0.256 e. The molecule has 0 aliphatic rings. The zero-order valence-corrected chi connectivity index (χ0v) is 13.7. The molecular weight excluding hydrogens is 280 g/mol. The van der Waals surface area contributed by atoms with Crippen LogP contribution in [-0.2, 0) is 9.53 Å². The first-order chi connectivity index (χ1) is 10.5. The third-order valence-electron chi connectivity index (χ3n) is 3.77. The van der Waals surface area contributed by atoms with Gasteiger partial charge in [0.2, 0.25) is 0 Å². The van der Waals surface area contributed by atoms with Crippen LogP contribution in [0.3, 0.4) is 0 Å². The van der Waals surface area contributed by atoms with E-state index in [1.54, 1.807) is 32.2 Å². The number of amides is 1. The Kier molecular flexibility index (Phi) is 6.87. The summed E-state index contributed by atoms with van der Waals surface area (Å²) in [5.41, 5.74) is 0.0635. The number of hydrogen-bond acceptors (Lipinski definition) is 4. The second-order valence-electron chi connectivity index (χ2n) is 5.37. The van der Waals surface area contributed by atoms with Crippen molar-refractivity contribution in [3.63, 3.8) is 0 Å². The number of rotatable bonds is 8. The zero-order valence-electron chi connectivity index (χ0n) is 13.7. The fourth-order valence-corrected chi connectivity index (χ4v) is 2.16. The maximum absolute atomic E-state index is 12.5. The minimum absolute atomic E-state index is 0.208. The Bertz CT molecular complexity index is 551. The van der Waals surface area contributed by atoms with Gasteiger partial charge in [-0.15, -0.1) is 0 Å². The van der Waals surface area contributed by atoms with Gasteiger partial charge < -0.3 is 14.8 Å². The average Bonchev–Trinajstić information content (AvgIpc) is 2.54. The van der Waals surface area contributed by atoms with E-state index >= 15 is 0 Å². The lowest BCUT2D eigenvalue weighted by molar-refractivity contribution is -0.136. The van der Waals surface area contributed by atoms with Crippen molar-refractivity contribution in [2.75, 3.05) is 19.5 Å². The van der Waals surface area contributed by atoms with Crippen LogP contribution < -0.4 is 10.1 Å². The summed E-state index contributed by atoms with van der Waals surface area (Å²) in [6.45, 7) is 3.90. The van der Waals surface area contributed by atoms with E-state index < -0.39 is 5.60 Å². The van der Waals surface area contributed by atoms with Gasteiger partial charge in [-0.3, -0.25) is 4.79 Å². The van der Waals surface area contributed by atoms with E-state index in [9.17, 15) is 4.79 Å². The van der Waals surface area contributed by atoms with Gasteiger partial charge in [-0.1, -0.05) is 26.2 Å². The SMILES string of the molecule is CCCCCC(C)(OC)C(=O)Nc1ccc(OC)c(C#N)c1. The molecule has 5 heteroatoms. The van der Waals surface area contributed by atoms with Gasteiger partial charge >= 0.3 is 0 Å². The fourth-order valence-electron chi connectivity index (χ4n) is 2.16. The highest BCUT2D eigenvalue weighted by Crippen LogP contribution is 2.24. The van der Waals surface area contributed by atoms with Gasteiger partial charge in [0.25, 0.3) is 5.91 Å². The summed E-state index contributed by atoms with van der Waals surface area (Å²) in [4.78, 5) is 12.5. The van der Waals surface area contributed by atoms with Crippen LogP contribution in [0.1, 0.15) is 45.1 Å². The van der Waals surface area contributed by atoms with E-state index in [2.05, 4.69) is 12.2 Å². The van der Waals surface area contributed by atoms with Crippen molar-refractivity contribution >= 4 is 11.6 Å². The Morgan fingerprint density at radius 2 is 2.09 bits per heavy atom. The number of hydrogen-bond donors (Lipinski definition) is 1. The third-order valence-corrected chi connectivity index (χ3v) is 3.77. The predicted molar refractivity (Wildman–Crippen MR) is 85.9 cm³/mol. The van der Waals surface area contributed by atoms with Gasteiger partial charge in [0, 0.05) is 12.8 Å². The van der Waals surface area contributed by atoms with Gasteiger partial charge in [0.05, 0.1) is 12.7 Å². The highest BCUT2D eigenvalue weighted by molar-refractivity contribution is 5.97. The molecule has 0 heterocycles. The Balaban J connectivity index is 2.84. The Labute approximate surface area is 132 Å². The van der Waals surface area contributed by atoms with E-state index in [0.29, 0.717) is 23.4 Å². The Morgan fingerprint density at radius 3 is 2.64 bits per heavy atom. The number of anilines is 1. The van der Waals surface area contributed by atoms with E-state index in [-0.39, 0.29) is 5.91 Å². The van der Waals surface area contributed by atoms with Crippen LogP contribution in [-0.4, -0.2) is 25.7 Å². The molecule has 0 aliphatic heterocycles. The van der Waals surface area contributed by atoms with E-state index in [1.165, 1.54) is 7.11 Å². The van der Waals surface area contributed by atoms with Gasteiger partial charge in [0.15, 0.2) is 0 Å². The van der Waals surface area contributed by atoms with Crippen LogP contribution in [0.2, 0.25) is 0 Å². The lowest BCUT2D eigenvalue weighted by Gasteiger charge is -2.27. The van der Waals surface area contributed by atoms with Crippen molar-refractivity contribution in [3.05, 3.63) is 23.8 Å². The molecule has 5 nitrogen and oxygen atoms in total. The molecular formula is C17H24N2O3. The number of carbonyl (C=O) groups is 1. The topological polar surface area (TPSA) is 71.3 Å². The average molecular weight is 304 g/mol. The molecule has 0 saturated carbocycles. The lowest BCUT2D eigenvalue weighted by Crippen LogP contribution is -2.41. The molecule has 0 spiro atoms. The minimum Gasteiger partial charge on any atom is -0.495 e. The molecule has 1 unspecified atom stereocenters. The number of unbranched alkanes of at least 4 members (excludes halogenated alkanes) is 2. The Hall–Kier alpha value is -2.06. The van der Waals surface area contributed by atoms with Gasteiger partial charge in [0.1, 0.15) is 17.4 Å². The molecule has 1 rings (SSSR count). The van der Waals surface area contributed by atoms with Gasteiger partial charge in [-0.05, 0) is 31.5 Å². The number of methoxy groups -OCH3 is 2. The number of nitrogens with one attached hydrogen (secondary N) is 1. The molecule has 1 atom stereocenters. The lowest BCUT2D eigenvalue weighted by atomic mass is 9.97. The summed E-state index contributed by atoms with van der Waals surface area (Å²) < 4.78 is 10.5. The molecule has 1 aromatic rings. The predicted octanol–water partition coefficient (Wildman–Crippen LogP) is 3.49. The number of benzene rings is 1. The van der Waals surface area contributed by atoms with Crippen LogP contribution in [0, 0.1) is 11.3 Å². The molecule has 1 aromatic carbocycles. The van der Waals surface area contributed by atoms with Crippen molar-refractivity contribution in [1.29, 1.82) is 5.26 Å². The third kappa shape index (κ3) is 4.47. The summed E-state index contributed by atoms with van der Waals surface area (Å²) in [6.07, 6.45) is 3.74. The van der Waals surface area contributed by atoms with Crippen LogP contribution in [0.25, 0.3) is 0 Å². The van der Waals surface area contributed by atoms with Crippen LogP contribution >= 0.6 is 0 Å². The van der Waals surface area contributed by atoms with E-state index in [4.69, 9.17) is 14.7 Å². The number of nitriles is 1. The summed E-state index contributed by atoms with van der Waals surface area (Å²) in [7, 11) is 3.05. The monoisotopic (exact) mass is 304 g/mol. The molecule has 120 valence electrons. The Morgan fingerprint density at radius 1 is 1.36 bits per heavy atom. The van der Waals surface area contributed by atoms with Crippen LogP contribution in [0.5, 0.6) is 5.75 Å². The van der Waals surface area contributed by atoms with Gasteiger partial charge in [-0.2, -0.15) is 5.26 Å². The number of ether oxygens (including phenoxy) is 2. The van der Waals surface area contributed by atoms with Crippen molar-refractivity contribution in [2.45, 2.75) is 45.1 Å². The number of nitrogens with zero attached hydrogens (tertiary/aromatic N) is 1. The van der Waals surface area contributed by atoms with Crippen molar-refractivity contribution in [1.82, 2.24) is 0 Å². The summed E-state index contributed by atoms with van der Waals surface area (Å²) in [5.74, 6) is 0.276. The van der Waals surface area contributed by atoms with Crippen molar-refractivity contribution < 1.29 is 14.3 Å². The number of carbonyl (C=O) groups excluding carboxylic acids is 1. The summed E-state index contributed by atoms with van der Waals surface area (Å²) in [6, 6.07) is 7.01. The second kappa shape index (κ2) is 8.40. The largest absolute Gasteiger partial charge is 0.495 e. The summed E-state index contributed by atoms with van der Waals surface area (Å²) in [5, 5.41) is 11.9. The molecule has 22 heavy (non-hydrogen) atoms. The second-order valence-corrected chi connectivity index (χ2v) is 5.37. The molecule has 0 aliphatic carbocycles. The fraction of sp³-hybridized carbons (Fsp3) is 0.529. The standard InChI is InChI=1S/C17H24N2O3/c1-5-6-7-10-17(2,22-4)16(20)19-14-8-9-15(21-3)13(11-14)12-18/h8-9,11H,5-7,10H2,1-4H3,(H,19,20). The van der Waals surface area contributed by atoms with Crippen LogP contribution in [0.15, 0.2) is 18.2 Å². The van der Waals surface area contributed by atoms with E-state index in [0.717, 1.165) is 19.3 Å². The normalized spacial score (nSPS) is 13.0. The first kappa shape index (κ1) is 18.0. The van der Waals surface area contributed by atoms with Crippen molar-refractivity contribution in [3.8, 4) is 11.8 Å². The minimum atomic E-state index is -0.873. The molecule has 0 radical (unpaired) electrons. The van der Waals surface area contributed by atoms with Crippen LogP contribution in [0.4, 0.5) is 5.69 Å². The molecule has 0 aromatic heterocycles. The molecule has 1 amide bonds. The highest BCUT2D eigenvalue weighted by atomic mass is 16.5. The first-order valence-corrected chi connectivity index (χ1v) is 7.45. The molecule has 0 bridgehead atoms. The van der Waals surface area contributed by atoms with E-state index in [1.807, 2.05) is 6.07 Å². The molecule has 0 saturated heterocycles. The zero-order chi connectivity index (χ0) is 16.6. The first-order valence-electron chi connectivity index (χ1n) is 7.45. The molecule has 1 N–H and O–H groups in total. The maximum atomic E-state index is 12.5.